The van der Waals surface area contributed by atoms with Crippen molar-refractivity contribution in [3.05, 3.63) is 42.7 Å². The second-order valence-corrected chi connectivity index (χ2v) is 6.27. The molecule has 26 heavy (non-hydrogen) atoms. The fraction of sp³-hybridized carbons (Fsp3) is 0.222. The number of amides is 1. The number of halogens is 1. The average molecular weight is 352 g/mol. The van der Waals surface area contributed by atoms with E-state index in [0.29, 0.717) is 35.4 Å². The minimum atomic E-state index is -0.412. The summed E-state index contributed by atoms with van der Waals surface area (Å²) in [5.41, 5.74) is 2.00. The molecule has 7 nitrogen and oxygen atoms in total. The normalized spacial score (nSPS) is 11.3. The van der Waals surface area contributed by atoms with Gasteiger partial charge in [0.15, 0.2) is 5.82 Å². The van der Waals surface area contributed by atoms with Gasteiger partial charge in [0, 0.05) is 62.0 Å². The Hall–Kier alpha value is -3.29. The Morgan fingerprint density at radius 2 is 2.15 bits per heavy atom. The number of nitrogens with one attached hydrogen (secondary N) is 1. The number of rotatable bonds is 4. The van der Waals surface area contributed by atoms with E-state index in [1.54, 1.807) is 31.4 Å². The molecule has 0 saturated heterocycles. The molecule has 0 spiro atoms. The lowest BCUT2D eigenvalue weighted by molar-refractivity contribution is -0.128. The monoisotopic (exact) mass is 352 g/mol. The maximum Gasteiger partial charge on any atom is 0.223 e. The zero-order valence-electron chi connectivity index (χ0n) is 14.4. The van der Waals surface area contributed by atoms with E-state index in [1.807, 2.05) is 16.8 Å². The van der Waals surface area contributed by atoms with Crippen LogP contribution >= 0.6 is 0 Å². The van der Waals surface area contributed by atoms with Crippen molar-refractivity contribution >= 4 is 28.0 Å². The SMILES string of the molecule is CN(C)C(=O)CCn1ccc2cnc(-c3c[nH]c4ncc(F)cc34)nc21. The third kappa shape index (κ3) is 2.79. The van der Waals surface area contributed by atoms with Crippen LogP contribution in [0.4, 0.5) is 4.39 Å². The van der Waals surface area contributed by atoms with Gasteiger partial charge in [-0.25, -0.2) is 19.3 Å². The quantitative estimate of drug-likeness (QED) is 0.612. The van der Waals surface area contributed by atoms with E-state index >= 15 is 0 Å². The molecule has 4 aromatic rings. The molecule has 0 aromatic carbocycles. The first kappa shape index (κ1) is 16.2. The molecule has 0 aliphatic carbocycles. The Kier molecular flexibility index (Phi) is 3.87. The summed E-state index contributed by atoms with van der Waals surface area (Å²) in [5, 5.41) is 1.51. The van der Waals surface area contributed by atoms with Crippen molar-refractivity contribution in [1.82, 2.24) is 29.4 Å². The highest BCUT2D eigenvalue weighted by atomic mass is 19.1. The van der Waals surface area contributed by atoms with Gasteiger partial charge in [0.1, 0.15) is 17.1 Å². The van der Waals surface area contributed by atoms with Gasteiger partial charge in [-0.2, -0.15) is 0 Å². The molecule has 0 unspecified atom stereocenters. The highest BCUT2D eigenvalue weighted by Crippen LogP contribution is 2.26. The lowest BCUT2D eigenvalue weighted by atomic mass is 10.2. The number of aromatic amines is 1. The number of hydrogen-bond acceptors (Lipinski definition) is 4. The Labute approximate surface area is 148 Å². The maximum absolute atomic E-state index is 13.6. The van der Waals surface area contributed by atoms with Crippen LogP contribution in [-0.4, -0.2) is 49.4 Å². The highest BCUT2D eigenvalue weighted by molar-refractivity contribution is 5.92. The van der Waals surface area contributed by atoms with Crippen molar-refractivity contribution in [2.24, 2.45) is 0 Å². The van der Waals surface area contributed by atoms with Crippen LogP contribution in [0.15, 0.2) is 36.9 Å². The van der Waals surface area contributed by atoms with Crippen LogP contribution in [0.3, 0.4) is 0 Å². The fourth-order valence-electron chi connectivity index (χ4n) is 2.88. The van der Waals surface area contributed by atoms with Crippen LogP contribution in [-0.2, 0) is 11.3 Å². The van der Waals surface area contributed by atoms with Gasteiger partial charge < -0.3 is 14.5 Å². The lowest BCUT2D eigenvalue weighted by Gasteiger charge is -2.11. The van der Waals surface area contributed by atoms with E-state index in [-0.39, 0.29) is 5.91 Å². The number of pyridine rings is 1. The van der Waals surface area contributed by atoms with E-state index in [9.17, 15) is 9.18 Å². The van der Waals surface area contributed by atoms with Gasteiger partial charge in [0.2, 0.25) is 5.91 Å². The third-order valence-electron chi connectivity index (χ3n) is 4.31. The van der Waals surface area contributed by atoms with E-state index in [2.05, 4.69) is 19.9 Å². The molecule has 132 valence electrons. The van der Waals surface area contributed by atoms with E-state index < -0.39 is 5.82 Å². The molecule has 4 aromatic heterocycles. The van der Waals surface area contributed by atoms with Crippen molar-refractivity contribution in [3.8, 4) is 11.4 Å². The largest absolute Gasteiger partial charge is 0.349 e. The minimum absolute atomic E-state index is 0.0549. The number of aryl methyl sites for hydroxylation is 1. The summed E-state index contributed by atoms with van der Waals surface area (Å²) in [7, 11) is 3.47. The third-order valence-corrected chi connectivity index (χ3v) is 4.31. The van der Waals surface area contributed by atoms with Crippen LogP contribution in [0.1, 0.15) is 6.42 Å². The Balaban J connectivity index is 1.73. The number of carbonyl (C=O) groups excluding carboxylic acids is 1. The molecule has 0 fully saturated rings. The standard InChI is InChI=1S/C18H17FN6O/c1-24(2)15(26)4-6-25-5-3-11-8-20-17(23-18(11)25)14-10-22-16-13(14)7-12(19)9-21-16/h3,5,7-10H,4,6H2,1-2H3,(H,21,22). The topological polar surface area (TPSA) is 79.7 Å². The number of H-pyrrole nitrogens is 1. The molecule has 4 rings (SSSR count). The molecule has 1 N–H and O–H groups in total. The van der Waals surface area contributed by atoms with Crippen LogP contribution in [0.25, 0.3) is 33.5 Å². The Bertz CT molecular complexity index is 1110. The van der Waals surface area contributed by atoms with Crippen molar-refractivity contribution in [2.45, 2.75) is 13.0 Å². The summed E-state index contributed by atoms with van der Waals surface area (Å²) >= 11 is 0. The Morgan fingerprint density at radius 1 is 1.31 bits per heavy atom. The highest BCUT2D eigenvalue weighted by Gasteiger charge is 2.13. The summed E-state index contributed by atoms with van der Waals surface area (Å²) in [6.45, 7) is 0.529. The molecule has 0 atom stereocenters. The molecular weight excluding hydrogens is 335 g/mol. The maximum atomic E-state index is 13.6. The van der Waals surface area contributed by atoms with Gasteiger partial charge in [-0.3, -0.25) is 4.79 Å². The molecular formula is C18H17FN6O. The van der Waals surface area contributed by atoms with Crippen molar-refractivity contribution in [2.75, 3.05) is 14.1 Å². The second-order valence-electron chi connectivity index (χ2n) is 6.27. The van der Waals surface area contributed by atoms with Crippen molar-refractivity contribution in [1.29, 1.82) is 0 Å². The predicted molar refractivity (Wildman–Crippen MR) is 95.9 cm³/mol. The van der Waals surface area contributed by atoms with Gasteiger partial charge in [-0.05, 0) is 12.1 Å². The molecule has 0 saturated carbocycles. The molecule has 1 amide bonds. The summed E-state index contributed by atoms with van der Waals surface area (Å²) in [5.74, 6) is 0.124. The minimum Gasteiger partial charge on any atom is -0.349 e. The van der Waals surface area contributed by atoms with Crippen molar-refractivity contribution < 1.29 is 9.18 Å². The number of fused-ring (bicyclic) bond motifs is 2. The zero-order chi connectivity index (χ0) is 18.3. The summed E-state index contributed by atoms with van der Waals surface area (Å²) in [4.78, 5) is 29.5. The first-order chi connectivity index (χ1) is 12.5. The first-order valence-electron chi connectivity index (χ1n) is 8.18. The second kappa shape index (κ2) is 6.21. The number of nitrogens with zero attached hydrogens (tertiary/aromatic N) is 5. The smallest absolute Gasteiger partial charge is 0.223 e. The first-order valence-corrected chi connectivity index (χ1v) is 8.18. The Morgan fingerprint density at radius 3 is 2.96 bits per heavy atom. The van der Waals surface area contributed by atoms with E-state index in [0.717, 1.165) is 11.0 Å². The lowest BCUT2D eigenvalue weighted by Crippen LogP contribution is -2.22. The van der Waals surface area contributed by atoms with Gasteiger partial charge in [-0.1, -0.05) is 0 Å². The van der Waals surface area contributed by atoms with Crippen LogP contribution in [0.5, 0.6) is 0 Å². The number of aromatic nitrogens is 5. The van der Waals surface area contributed by atoms with Gasteiger partial charge in [0.05, 0.1) is 6.20 Å². The van der Waals surface area contributed by atoms with Crippen LogP contribution in [0.2, 0.25) is 0 Å². The molecule has 0 bridgehead atoms. The number of hydrogen-bond donors (Lipinski definition) is 1. The molecule has 0 aliphatic rings. The predicted octanol–water partition coefficient (Wildman–Crippen LogP) is 2.59. The van der Waals surface area contributed by atoms with Gasteiger partial charge in [0.25, 0.3) is 0 Å². The van der Waals surface area contributed by atoms with Gasteiger partial charge in [-0.15, -0.1) is 0 Å². The average Bonchev–Trinajstić information content (AvgIpc) is 3.22. The summed E-state index contributed by atoms with van der Waals surface area (Å²) in [6.07, 6.45) is 6.90. The molecule has 4 heterocycles. The molecule has 0 radical (unpaired) electrons. The van der Waals surface area contributed by atoms with Crippen LogP contribution in [0, 0.1) is 5.82 Å². The summed E-state index contributed by atoms with van der Waals surface area (Å²) in [6, 6.07) is 3.33. The van der Waals surface area contributed by atoms with E-state index in [1.165, 1.54) is 12.3 Å². The van der Waals surface area contributed by atoms with Crippen LogP contribution < -0.4 is 0 Å². The molecule has 8 heteroatoms. The zero-order valence-corrected chi connectivity index (χ0v) is 14.4. The van der Waals surface area contributed by atoms with E-state index in [4.69, 9.17) is 0 Å². The fourth-order valence-corrected chi connectivity index (χ4v) is 2.88. The number of carbonyl (C=O) groups is 1. The van der Waals surface area contributed by atoms with Gasteiger partial charge >= 0.3 is 0 Å². The van der Waals surface area contributed by atoms with Crippen molar-refractivity contribution in [3.63, 3.8) is 0 Å². The molecule has 0 aliphatic heterocycles. The summed E-state index contributed by atoms with van der Waals surface area (Å²) < 4.78 is 15.5.